The fraction of sp³-hybridized carbons (Fsp3) is 0.385. The number of hydrogen-bond donors (Lipinski definition) is 3. The fourth-order valence-corrected chi connectivity index (χ4v) is 1.54. The molecule has 0 heterocycles. The number of hydrogen-bond acceptors (Lipinski definition) is 5. The first kappa shape index (κ1) is 14.8. The number of benzene rings is 1. The molecule has 1 rings (SSSR count). The van der Waals surface area contributed by atoms with Gasteiger partial charge in [0.2, 0.25) is 0 Å². The first-order valence-electron chi connectivity index (χ1n) is 5.89. The second kappa shape index (κ2) is 7.24. The second-order valence-electron chi connectivity index (χ2n) is 3.82. The van der Waals surface area contributed by atoms with Gasteiger partial charge in [0.05, 0.1) is 19.1 Å². The van der Waals surface area contributed by atoms with Crippen molar-refractivity contribution in [3.05, 3.63) is 23.8 Å². The molecule has 0 aliphatic heterocycles. The minimum absolute atomic E-state index is 0.00725. The van der Waals surface area contributed by atoms with Crippen molar-refractivity contribution < 1.29 is 19.7 Å². The molecule has 0 aliphatic carbocycles. The monoisotopic (exact) mass is 264 g/mol. The van der Waals surface area contributed by atoms with Gasteiger partial charge in [-0.1, -0.05) is 6.07 Å². The summed E-state index contributed by atoms with van der Waals surface area (Å²) in [5.41, 5.74) is 0.620. The van der Waals surface area contributed by atoms with Gasteiger partial charge in [-0.15, -0.1) is 0 Å². The summed E-state index contributed by atoms with van der Waals surface area (Å²) in [6.07, 6.45) is -0.0609. The Bertz CT molecular complexity index is 482. The van der Waals surface area contributed by atoms with Gasteiger partial charge in [-0.3, -0.25) is 10.1 Å². The zero-order valence-corrected chi connectivity index (χ0v) is 10.6. The van der Waals surface area contributed by atoms with Crippen LogP contribution in [0.25, 0.3) is 0 Å². The standard InChI is InChI=1S/C13H16N2O4/c1-2-19-12-7-9(3-4-11(12)16)10(8-14)15-6-5-13(17)18/h3-4,7,10,15-16H,2,5-6H2,1H3,(H,17,18). The van der Waals surface area contributed by atoms with Gasteiger partial charge in [0.1, 0.15) is 6.04 Å². The van der Waals surface area contributed by atoms with Crippen LogP contribution in [0.1, 0.15) is 24.9 Å². The van der Waals surface area contributed by atoms with Crippen LogP contribution in [0.3, 0.4) is 0 Å². The summed E-state index contributed by atoms with van der Waals surface area (Å²) in [6.45, 7) is 2.39. The predicted octanol–water partition coefficient (Wildman–Crippen LogP) is 1.42. The Morgan fingerprint density at radius 1 is 1.58 bits per heavy atom. The third kappa shape index (κ3) is 4.48. The average Bonchev–Trinajstić information content (AvgIpc) is 2.37. The van der Waals surface area contributed by atoms with E-state index in [9.17, 15) is 9.90 Å². The maximum atomic E-state index is 10.4. The van der Waals surface area contributed by atoms with Crippen LogP contribution >= 0.6 is 0 Å². The molecule has 1 unspecified atom stereocenters. The molecule has 19 heavy (non-hydrogen) atoms. The lowest BCUT2D eigenvalue weighted by Gasteiger charge is -2.13. The van der Waals surface area contributed by atoms with Gasteiger partial charge in [0, 0.05) is 6.54 Å². The number of aliphatic carboxylic acids is 1. The van der Waals surface area contributed by atoms with Crippen LogP contribution in [0, 0.1) is 11.3 Å². The van der Waals surface area contributed by atoms with Gasteiger partial charge in [0.15, 0.2) is 11.5 Å². The van der Waals surface area contributed by atoms with Crippen LogP contribution < -0.4 is 10.1 Å². The lowest BCUT2D eigenvalue weighted by Crippen LogP contribution is -2.23. The molecule has 6 nitrogen and oxygen atoms in total. The smallest absolute Gasteiger partial charge is 0.304 e. The number of nitriles is 1. The summed E-state index contributed by atoms with van der Waals surface area (Å²) in [4.78, 5) is 10.4. The number of carboxylic acid groups (broad SMARTS) is 1. The van der Waals surface area contributed by atoms with Crippen LogP contribution in [0.4, 0.5) is 0 Å². The van der Waals surface area contributed by atoms with Gasteiger partial charge in [-0.2, -0.15) is 5.26 Å². The molecule has 6 heteroatoms. The van der Waals surface area contributed by atoms with Crippen molar-refractivity contribution in [2.24, 2.45) is 0 Å². The van der Waals surface area contributed by atoms with E-state index in [1.54, 1.807) is 19.1 Å². The summed E-state index contributed by atoms with van der Waals surface area (Å²) in [6, 6.07) is 6.01. The van der Waals surface area contributed by atoms with E-state index in [0.29, 0.717) is 17.9 Å². The minimum Gasteiger partial charge on any atom is -0.504 e. The van der Waals surface area contributed by atoms with Gasteiger partial charge in [0.25, 0.3) is 0 Å². The minimum atomic E-state index is -0.926. The average molecular weight is 264 g/mol. The summed E-state index contributed by atoms with van der Waals surface area (Å²) in [7, 11) is 0. The topological polar surface area (TPSA) is 103 Å². The van der Waals surface area contributed by atoms with Crippen LogP contribution in [0.5, 0.6) is 11.5 Å². The molecule has 1 atom stereocenters. The first-order valence-corrected chi connectivity index (χ1v) is 5.89. The lowest BCUT2D eigenvalue weighted by molar-refractivity contribution is -0.136. The third-order valence-corrected chi connectivity index (χ3v) is 2.43. The SMILES string of the molecule is CCOc1cc(C(C#N)NCCC(=O)O)ccc1O. The predicted molar refractivity (Wildman–Crippen MR) is 67.9 cm³/mol. The molecule has 0 bridgehead atoms. The zero-order chi connectivity index (χ0) is 14.3. The summed E-state index contributed by atoms with van der Waals surface area (Å²) in [5, 5.41) is 30.0. The number of carboxylic acids is 1. The van der Waals surface area contributed by atoms with Crippen LogP contribution in [-0.2, 0) is 4.79 Å². The Kier molecular flexibility index (Phi) is 5.64. The first-order chi connectivity index (χ1) is 9.08. The number of rotatable bonds is 7. The molecule has 0 amide bonds. The molecule has 0 fully saturated rings. The molecule has 102 valence electrons. The number of phenolic OH excluding ortho intramolecular Hbond substituents is 1. The number of nitrogens with one attached hydrogen (secondary N) is 1. The van der Waals surface area contributed by atoms with Crippen LogP contribution in [-0.4, -0.2) is 29.3 Å². The molecule has 0 saturated carbocycles. The Morgan fingerprint density at radius 2 is 2.32 bits per heavy atom. The van der Waals surface area contributed by atoms with E-state index in [2.05, 4.69) is 5.32 Å². The molecule has 1 aromatic rings. The number of carbonyl (C=O) groups is 1. The molecular formula is C13H16N2O4. The molecule has 3 N–H and O–H groups in total. The highest BCUT2D eigenvalue weighted by Gasteiger charge is 2.13. The van der Waals surface area contributed by atoms with Gasteiger partial charge in [-0.05, 0) is 24.6 Å². The van der Waals surface area contributed by atoms with Crippen molar-refractivity contribution in [3.8, 4) is 17.6 Å². The Balaban J connectivity index is 2.78. The van der Waals surface area contributed by atoms with Crippen molar-refractivity contribution in [1.82, 2.24) is 5.32 Å². The van der Waals surface area contributed by atoms with Gasteiger partial charge >= 0.3 is 5.97 Å². The Hall–Kier alpha value is -2.26. The van der Waals surface area contributed by atoms with E-state index in [0.717, 1.165) is 0 Å². The summed E-state index contributed by atoms with van der Waals surface area (Å²) in [5.74, 6) is -0.613. The van der Waals surface area contributed by atoms with E-state index in [1.165, 1.54) is 6.07 Å². The maximum absolute atomic E-state index is 10.4. The van der Waals surface area contributed by atoms with Crippen molar-refractivity contribution in [2.75, 3.05) is 13.2 Å². The van der Waals surface area contributed by atoms with Crippen molar-refractivity contribution >= 4 is 5.97 Å². The highest BCUT2D eigenvalue weighted by Crippen LogP contribution is 2.29. The van der Waals surface area contributed by atoms with Crippen LogP contribution in [0.2, 0.25) is 0 Å². The van der Waals surface area contributed by atoms with Crippen molar-refractivity contribution in [1.29, 1.82) is 5.26 Å². The summed E-state index contributed by atoms with van der Waals surface area (Å²) >= 11 is 0. The number of aromatic hydroxyl groups is 1. The number of ether oxygens (including phenoxy) is 1. The van der Waals surface area contributed by atoms with E-state index < -0.39 is 12.0 Å². The molecule has 0 aromatic heterocycles. The van der Waals surface area contributed by atoms with Crippen molar-refractivity contribution in [3.63, 3.8) is 0 Å². The van der Waals surface area contributed by atoms with Crippen molar-refractivity contribution in [2.45, 2.75) is 19.4 Å². The highest BCUT2D eigenvalue weighted by molar-refractivity contribution is 5.66. The molecular weight excluding hydrogens is 248 g/mol. The van der Waals surface area contributed by atoms with E-state index in [-0.39, 0.29) is 18.7 Å². The fourth-order valence-electron chi connectivity index (χ4n) is 1.54. The Morgan fingerprint density at radius 3 is 2.89 bits per heavy atom. The van der Waals surface area contributed by atoms with Gasteiger partial charge < -0.3 is 14.9 Å². The largest absolute Gasteiger partial charge is 0.504 e. The summed E-state index contributed by atoms with van der Waals surface area (Å²) < 4.78 is 5.23. The molecule has 0 aliphatic rings. The molecule has 0 spiro atoms. The molecule has 0 radical (unpaired) electrons. The normalized spacial score (nSPS) is 11.6. The number of nitrogens with zero attached hydrogens (tertiary/aromatic N) is 1. The van der Waals surface area contributed by atoms with E-state index in [1.807, 2.05) is 6.07 Å². The Labute approximate surface area is 111 Å². The third-order valence-electron chi connectivity index (χ3n) is 2.43. The van der Waals surface area contributed by atoms with E-state index in [4.69, 9.17) is 15.1 Å². The van der Waals surface area contributed by atoms with E-state index >= 15 is 0 Å². The molecule has 1 aromatic carbocycles. The van der Waals surface area contributed by atoms with Gasteiger partial charge in [-0.25, -0.2) is 0 Å². The lowest BCUT2D eigenvalue weighted by atomic mass is 10.1. The molecule has 0 saturated heterocycles. The maximum Gasteiger partial charge on any atom is 0.304 e. The number of phenols is 1. The zero-order valence-electron chi connectivity index (χ0n) is 10.6. The van der Waals surface area contributed by atoms with Crippen LogP contribution in [0.15, 0.2) is 18.2 Å². The highest BCUT2D eigenvalue weighted by atomic mass is 16.5. The quantitative estimate of drug-likeness (QED) is 0.688. The second-order valence-corrected chi connectivity index (χ2v) is 3.82.